The Kier molecular flexibility index (Phi) is 6.68. The van der Waals surface area contributed by atoms with Gasteiger partial charge < -0.3 is 16.0 Å². The molecule has 0 aromatic heterocycles. The van der Waals surface area contributed by atoms with Crippen molar-refractivity contribution in [1.82, 2.24) is 5.32 Å². The Bertz CT molecular complexity index is 1220. The number of hydrogen-bond acceptors (Lipinski definition) is 3. The van der Waals surface area contributed by atoms with Gasteiger partial charge in [-0.25, -0.2) is 0 Å². The first-order valence-electron chi connectivity index (χ1n) is 11.8. The quantitative estimate of drug-likeness (QED) is 0.286. The summed E-state index contributed by atoms with van der Waals surface area (Å²) < 4.78 is 0. The zero-order valence-corrected chi connectivity index (χ0v) is 19.1. The molecule has 34 heavy (non-hydrogen) atoms. The van der Waals surface area contributed by atoms with Crippen LogP contribution < -0.4 is 16.0 Å². The molecule has 1 aliphatic rings. The maximum Gasteiger partial charge on any atom is 0.255 e. The molecule has 1 saturated carbocycles. The molecule has 1 aliphatic carbocycles. The summed E-state index contributed by atoms with van der Waals surface area (Å²) in [6, 6.07) is 37.1. The number of anilines is 2. The minimum Gasteiger partial charge on any atom is -0.381 e. The molecule has 0 heterocycles. The summed E-state index contributed by atoms with van der Waals surface area (Å²) in [4.78, 5) is 12.8. The van der Waals surface area contributed by atoms with Crippen molar-refractivity contribution in [2.45, 2.75) is 31.5 Å². The van der Waals surface area contributed by atoms with Gasteiger partial charge in [-0.3, -0.25) is 4.79 Å². The molecule has 2 unspecified atom stereocenters. The number of amides is 1. The van der Waals surface area contributed by atoms with Crippen LogP contribution in [0.25, 0.3) is 0 Å². The normalized spacial score (nSPS) is 16.6. The molecular formula is C30H29N3O. The second-order valence-corrected chi connectivity index (χ2v) is 8.81. The Morgan fingerprint density at radius 3 is 2.09 bits per heavy atom. The first kappa shape index (κ1) is 21.9. The molecule has 5 rings (SSSR count). The van der Waals surface area contributed by atoms with E-state index in [9.17, 15) is 4.79 Å². The number of benzene rings is 4. The summed E-state index contributed by atoms with van der Waals surface area (Å²) in [6.45, 7) is 1.62. The standard InChI is InChI=1S/C30H29N3O/c34-30(25-12-7-13-27(18-25)31-20-22-8-3-1-4-9-22)33-26-16-14-24(15-17-26)28-19-29(28)32-21-23-10-5-2-6-11-23/h1-18,28-29,31-32H,19-21H2,(H,33,34). The van der Waals surface area contributed by atoms with E-state index < -0.39 is 0 Å². The Balaban J connectivity index is 1.13. The third kappa shape index (κ3) is 5.72. The Morgan fingerprint density at radius 1 is 0.706 bits per heavy atom. The maximum absolute atomic E-state index is 12.8. The van der Waals surface area contributed by atoms with Crippen molar-refractivity contribution in [1.29, 1.82) is 0 Å². The van der Waals surface area contributed by atoms with Gasteiger partial charge in [0.15, 0.2) is 0 Å². The SMILES string of the molecule is O=C(Nc1ccc(C2CC2NCc2ccccc2)cc1)c1cccc(NCc2ccccc2)c1. The molecule has 3 N–H and O–H groups in total. The zero-order valence-electron chi connectivity index (χ0n) is 19.1. The highest BCUT2D eigenvalue weighted by Crippen LogP contribution is 2.41. The molecule has 0 radical (unpaired) electrons. The van der Waals surface area contributed by atoms with E-state index in [1.165, 1.54) is 16.7 Å². The topological polar surface area (TPSA) is 53.2 Å². The van der Waals surface area contributed by atoms with Crippen LogP contribution in [0.2, 0.25) is 0 Å². The smallest absolute Gasteiger partial charge is 0.255 e. The molecule has 1 fully saturated rings. The summed E-state index contributed by atoms with van der Waals surface area (Å²) in [5.74, 6) is 0.436. The second-order valence-electron chi connectivity index (χ2n) is 8.81. The van der Waals surface area contributed by atoms with Gasteiger partial charge in [-0.1, -0.05) is 78.9 Å². The number of carbonyl (C=O) groups excluding carboxylic acids is 1. The van der Waals surface area contributed by atoms with E-state index in [1.54, 1.807) is 0 Å². The van der Waals surface area contributed by atoms with Crippen LogP contribution in [0.4, 0.5) is 11.4 Å². The van der Waals surface area contributed by atoms with Crippen LogP contribution in [0.1, 0.15) is 39.4 Å². The first-order valence-corrected chi connectivity index (χ1v) is 11.8. The molecule has 0 bridgehead atoms. The minimum atomic E-state index is -0.107. The van der Waals surface area contributed by atoms with Crippen molar-refractivity contribution in [3.63, 3.8) is 0 Å². The van der Waals surface area contributed by atoms with Gasteiger partial charge in [0.25, 0.3) is 5.91 Å². The van der Waals surface area contributed by atoms with Crippen molar-refractivity contribution in [2.24, 2.45) is 0 Å². The number of nitrogens with one attached hydrogen (secondary N) is 3. The zero-order chi connectivity index (χ0) is 23.2. The molecule has 2 atom stereocenters. The monoisotopic (exact) mass is 447 g/mol. The highest BCUT2D eigenvalue weighted by atomic mass is 16.1. The first-order chi connectivity index (χ1) is 16.7. The van der Waals surface area contributed by atoms with E-state index in [1.807, 2.05) is 60.7 Å². The Morgan fingerprint density at radius 2 is 1.38 bits per heavy atom. The van der Waals surface area contributed by atoms with Crippen molar-refractivity contribution >= 4 is 17.3 Å². The minimum absolute atomic E-state index is 0.107. The van der Waals surface area contributed by atoms with Gasteiger partial charge in [0.05, 0.1) is 0 Å². The van der Waals surface area contributed by atoms with Crippen molar-refractivity contribution in [2.75, 3.05) is 10.6 Å². The van der Waals surface area contributed by atoms with Crippen LogP contribution >= 0.6 is 0 Å². The molecule has 170 valence electrons. The fraction of sp³-hybridized carbons (Fsp3) is 0.167. The average Bonchev–Trinajstić information content (AvgIpc) is 3.68. The van der Waals surface area contributed by atoms with Gasteiger partial charge in [-0.2, -0.15) is 0 Å². The lowest BCUT2D eigenvalue weighted by Gasteiger charge is -2.10. The van der Waals surface area contributed by atoms with E-state index in [0.29, 0.717) is 17.5 Å². The molecule has 4 nitrogen and oxygen atoms in total. The third-order valence-corrected chi connectivity index (χ3v) is 6.26. The summed E-state index contributed by atoms with van der Waals surface area (Å²) in [5.41, 5.74) is 6.20. The van der Waals surface area contributed by atoms with Crippen molar-refractivity contribution < 1.29 is 4.79 Å². The predicted molar refractivity (Wildman–Crippen MR) is 139 cm³/mol. The molecule has 4 heteroatoms. The molecule has 4 aromatic carbocycles. The van der Waals surface area contributed by atoms with E-state index in [4.69, 9.17) is 0 Å². The van der Waals surface area contributed by atoms with Crippen LogP contribution in [0.3, 0.4) is 0 Å². The van der Waals surface area contributed by atoms with Gasteiger partial charge >= 0.3 is 0 Å². The highest BCUT2D eigenvalue weighted by molar-refractivity contribution is 6.04. The number of rotatable bonds is 9. The lowest BCUT2D eigenvalue weighted by atomic mass is 10.1. The van der Waals surface area contributed by atoms with E-state index >= 15 is 0 Å². The summed E-state index contributed by atoms with van der Waals surface area (Å²) in [6.07, 6.45) is 1.15. The van der Waals surface area contributed by atoms with Crippen LogP contribution in [0.15, 0.2) is 109 Å². The Hall–Kier alpha value is -3.89. The van der Waals surface area contributed by atoms with Gasteiger partial charge in [0, 0.05) is 42.0 Å². The van der Waals surface area contributed by atoms with Crippen LogP contribution in [-0.2, 0) is 13.1 Å². The van der Waals surface area contributed by atoms with Crippen LogP contribution in [-0.4, -0.2) is 11.9 Å². The summed E-state index contributed by atoms with van der Waals surface area (Å²) >= 11 is 0. The average molecular weight is 448 g/mol. The van der Waals surface area contributed by atoms with Crippen molar-refractivity contribution in [3.8, 4) is 0 Å². The predicted octanol–water partition coefficient (Wildman–Crippen LogP) is 6.20. The van der Waals surface area contributed by atoms with Gasteiger partial charge in [-0.15, -0.1) is 0 Å². The summed E-state index contributed by atoms with van der Waals surface area (Å²) in [7, 11) is 0. The lowest BCUT2D eigenvalue weighted by molar-refractivity contribution is 0.102. The van der Waals surface area contributed by atoms with Crippen LogP contribution in [0.5, 0.6) is 0 Å². The van der Waals surface area contributed by atoms with Crippen LogP contribution in [0, 0.1) is 0 Å². The lowest BCUT2D eigenvalue weighted by Crippen LogP contribution is -2.17. The number of carbonyl (C=O) groups is 1. The van der Waals surface area contributed by atoms with E-state index in [2.05, 4.69) is 64.5 Å². The molecule has 0 spiro atoms. The molecule has 0 aliphatic heterocycles. The van der Waals surface area contributed by atoms with Crippen molar-refractivity contribution in [3.05, 3.63) is 131 Å². The fourth-order valence-electron chi connectivity index (χ4n) is 4.22. The molecule has 0 saturated heterocycles. The summed E-state index contributed by atoms with van der Waals surface area (Å²) in [5, 5.41) is 10.0. The third-order valence-electron chi connectivity index (χ3n) is 6.26. The Labute approximate surface area is 201 Å². The van der Waals surface area contributed by atoms with Gasteiger partial charge in [0.1, 0.15) is 0 Å². The van der Waals surface area contributed by atoms with E-state index in [-0.39, 0.29) is 5.91 Å². The van der Waals surface area contributed by atoms with E-state index in [0.717, 1.165) is 30.9 Å². The maximum atomic E-state index is 12.8. The van der Waals surface area contributed by atoms with Gasteiger partial charge in [0.2, 0.25) is 0 Å². The number of hydrogen-bond donors (Lipinski definition) is 3. The largest absolute Gasteiger partial charge is 0.381 e. The second kappa shape index (κ2) is 10.4. The highest BCUT2D eigenvalue weighted by Gasteiger charge is 2.37. The molecular weight excluding hydrogens is 418 g/mol. The van der Waals surface area contributed by atoms with Gasteiger partial charge in [-0.05, 0) is 53.4 Å². The molecule has 1 amide bonds. The fourth-order valence-corrected chi connectivity index (χ4v) is 4.22. The molecule has 4 aromatic rings.